The third-order valence-corrected chi connectivity index (χ3v) is 11.0. The first-order valence-corrected chi connectivity index (χ1v) is 16.8. The van der Waals surface area contributed by atoms with E-state index < -0.39 is 32.1 Å². The fraction of sp³-hybridized carbons (Fsp3) is 0.367. The van der Waals surface area contributed by atoms with Crippen LogP contribution in [0.2, 0.25) is 0 Å². The molecule has 0 aromatic heterocycles. The Morgan fingerprint density at radius 1 is 0.857 bits per heavy atom. The Balaban J connectivity index is 1.20. The highest BCUT2D eigenvalue weighted by atomic mass is 32.2. The van der Waals surface area contributed by atoms with E-state index >= 15 is 0 Å². The maximum Gasteiger partial charge on any atom is 0.264 e. The molecule has 0 radical (unpaired) electrons. The lowest BCUT2D eigenvalue weighted by Crippen LogP contribution is -2.51. The van der Waals surface area contributed by atoms with Crippen molar-refractivity contribution in [2.24, 2.45) is 0 Å². The summed E-state index contributed by atoms with van der Waals surface area (Å²) in [6, 6.07) is 18.0. The number of nitrogens with zero attached hydrogens (tertiary/aromatic N) is 2. The van der Waals surface area contributed by atoms with E-state index in [1.165, 1.54) is 20.7 Å². The molecule has 3 aromatic rings. The second kappa shape index (κ2) is 12.3. The highest BCUT2D eigenvalue weighted by Crippen LogP contribution is 2.37. The molecule has 1 fully saturated rings. The van der Waals surface area contributed by atoms with Gasteiger partial charge in [0.15, 0.2) is 6.10 Å². The van der Waals surface area contributed by atoms with E-state index in [-0.39, 0.29) is 29.5 Å². The van der Waals surface area contributed by atoms with Gasteiger partial charge < -0.3 is 14.8 Å². The molecule has 1 N–H and O–H groups in total. The van der Waals surface area contributed by atoms with Crippen molar-refractivity contribution in [2.45, 2.75) is 49.0 Å². The molecule has 42 heavy (non-hydrogen) atoms. The Hall–Kier alpha value is -3.61. The van der Waals surface area contributed by atoms with E-state index in [0.29, 0.717) is 30.3 Å². The average molecular weight is 614 g/mol. The van der Waals surface area contributed by atoms with Crippen molar-refractivity contribution in [1.29, 1.82) is 0 Å². The number of carbonyl (C=O) groups is 1. The zero-order chi connectivity index (χ0) is 29.9. The van der Waals surface area contributed by atoms with Crippen LogP contribution in [0.3, 0.4) is 0 Å². The number of aryl methyl sites for hydroxylation is 2. The van der Waals surface area contributed by atoms with Crippen molar-refractivity contribution in [1.82, 2.24) is 9.62 Å². The van der Waals surface area contributed by atoms with Gasteiger partial charge in [-0.1, -0.05) is 30.2 Å². The molecule has 0 aliphatic carbocycles. The number of sulfonamides is 2. The molecule has 1 saturated heterocycles. The van der Waals surface area contributed by atoms with Gasteiger partial charge in [0, 0.05) is 13.1 Å². The average Bonchev–Trinajstić information content (AvgIpc) is 2.99. The quantitative estimate of drug-likeness (QED) is 0.366. The summed E-state index contributed by atoms with van der Waals surface area (Å²) in [6.45, 7) is 4.88. The van der Waals surface area contributed by atoms with Crippen molar-refractivity contribution in [3.63, 3.8) is 0 Å². The molecule has 5 rings (SSSR count). The zero-order valence-electron chi connectivity index (χ0n) is 23.7. The molecule has 1 amide bonds. The second-order valence-electron chi connectivity index (χ2n) is 10.5. The van der Waals surface area contributed by atoms with Crippen LogP contribution < -0.4 is 19.1 Å². The van der Waals surface area contributed by atoms with Gasteiger partial charge in [0.05, 0.1) is 28.6 Å². The Labute approximate surface area is 247 Å². The Morgan fingerprint density at radius 3 is 2.17 bits per heavy atom. The van der Waals surface area contributed by atoms with Crippen LogP contribution in [-0.4, -0.2) is 65.9 Å². The number of rotatable bonds is 9. The Morgan fingerprint density at radius 2 is 1.48 bits per heavy atom. The van der Waals surface area contributed by atoms with Crippen LogP contribution in [0, 0.1) is 13.8 Å². The van der Waals surface area contributed by atoms with E-state index in [4.69, 9.17) is 9.47 Å². The molecule has 0 spiro atoms. The summed E-state index contributed by atoms with van der Waals surface area (Å²) in [7, 11) is -7.48. The number of carbonyl (C=O) groups excluding carboxylic acids is 1. The summed E-state index contributed by atoms with van der Waals surface area (Å²) in [5.74, 6) is 0.307. The molecule has 0 bridgehead atoms. The first kappa shape index (κ1) is 29.9. The lowest BCUT2D eigenvalue weighted by atomic mass is 10.1. The van der Waals surface area contributed by atoms with Gasteiger partial charge in [-0.3, -0.25) is 9.10 Å². The Bertz CT molecular complexity index is 1640. The van der Waals surface area contributed by atoms with E-state index in [0.717, 1.165) is 30.4 Å². The fourth-order valence-corrected chi connectivity index (χ4v) is 7.97. The third-order valence-electron chi connectivity index (χ3n) is 7.33. The van der Waals surface area contributed by atoms with Gasteiger partial charge in [0.1, 0.15) is 18.1 Å². The molecule has 1 atom stereocenters. The van der Waals surface area contributed by atoms with E-state index in [9.17, 15) is 21.6 Å². The van der Waals surface area contributed by atoms with Gasteiger partial charge in [0.2, 0.25) is 10.0 Å². The molecule has 224 valence electrons. The number of nitrogens with one attached hydrogen (secondary N) is 1. The summed E-state index contributed by atoms with van der Waals surface area (Å²) >= 11 is 0. The van der Waals surface area contributed by atoms with Crippen molar-refractivity contribution < 1.29 is 31.1 Å². The molecule has 10 nitrogen and oxygen atoms in total. The van der Waals surface area contributed by atoms with Gasteiger partial charge in [-0.15, -0.1) is 0 Å². The van der Waals surface area contributed by atoms with Crippen LogP contribution in [-0.2, 0) is 24.8 Å². The molecular formula is C30H35N3O7S2. The summed E-state index contributed by atoms with van der Waals surface area (Å²) in [6.07, 6.45) is 1.70. The van der Waals surface area contributed by atoms with Crippen molar-refractivity contribution >= 4 is 31.6 Å². The van der Waals surface area contributed by atoms with Crippen LogP contribution in [0.1, 0.15) is 30.4 Å². The number of anilines is 1. The number of benzene rings is 3. The normalized spacial score (nSPS) is 17.7. The van der Waals surface area contributed by atoms with Crippen LogP contribution in [0.25, 0.3) is 0 Å². The minimum atomic E-state index is -3.95. The van der Waals surface area contributed by atoms with E-state index in [2.05, 4.69) is 5.32 Å². The molecule has 2 aliphatic heterocycles. The standard InChI is InChI=1S/C30H35N3O7S2/c1-22-6-11-26(12-7-22)42(37,38)33-21-29(40-28-20-23(2)8-15-27(28)33)30(34)31-16-19-39-24-9-13-25(14-10-24)41(35,36)32-17-4-3-5-18-32/h6-15,20,29H,3-5,16-19,21H2,1-2H3,(H,31,34). The number of ether oxygens (including phenoxy) is 2. The van der Waals surface area contributed by atoms with Gasteiger partial charge in [-0.05, 0) is 80.8 Å². The summed E-state index contributed by atoms with van der Waals surface area (Å²) in [4.78, 5) is 13.4. The molecule has 3 aromatic carbocycles. The molecule has 1 unspecified atom stereocenters. The number of amides is 1. The van der Waals surface area contributed by atoms with Gasteiger partial charge in [0.25, 0.3) is 15.9 Å². The van der Waals surface area contributed by atoms with Crippen LogP contribution >= 0.6 is 0 Å². The monoisotopic (exact) mass is 613 g/mol. The number of fused-ring (bicyclic) bond motifs is 1. The van der Waals surface area contributed by atoms with Crippen LogP contribution in [0.5, 0.6) is 11.5 Å². The molecular weight excluding hydrogens is 578 g/mol. The van der Waals surface area contributed by atoms with Crippen molar-refractivity contribution in [3.8, 4) is 11.5 Å². The maximum absolute atomic E-state index is 13.6. The molecule has 2 heterocycles. The van der Waals surface area contributed by atoms with Gasteiger partial charge >= 0.3 is 0 Å². The first-order valence-electron chi connectivity index (χ1n) is 13.9. The SMILES string of the molecule is Cc1ccc(S(=O)(=O)N2CC(C(=O)NCCOc3ccc(S(=O)(=O)N4CCCCC4)cc3)Oc3cc(C)ccc32)cc1. The number of hydrogen-bond acceptors (Lipinski definition) is 7. The number of piperidine rings is 1. The smallest absolute Gasteiger partial charge is 0.264 e. The fourth-order valence-electron chi connectivity index (χ4n) is 4.98. The predicted octanol–water partition coefficient (Wildman–Crippen LogP) is 3.63. The van der Waals surface area contributed by atoms with Crippen LogP contribution in [0.4, 0.5) is 5.69 Å². The lowest BCUT2D eigenvalue weighted by molar-refractivity contribution is -0.127. The first-order chi connectivity index (χ1) is 20.1. The van der Waals surface area contributed by atoms with Crippen molar-refractivity contribution in [3.05, 3.63) is 77.9 Å². The highest BCUT2D eigenvalue weighted by Gasteiger charge is 2.37. The highest BCUT2D eigenvalue weighted by molar-refractivity contribution is 7.92. The summed E-state index contributed by atoms with van der Waals surface area (Å²) in [5, 5.41) is 2.75. The maximum atomic E-state index is 13.6. The third kappa shape index (κ3) is 6.40. The topological polar surface area (TPSA) is 122 Å². The summed E-state index contributed by atoms with van der Waals surface area (Å²) < 4.78 is 67.2. The largest absolute Gasteiger partial charge is 0.492 e. The molecule has 2 aliphatic rings. The van der Waals surface area contributed by atoms with Gasteiger partial charge in [-0.25, -0.2) is 16.8 Å². The second-order valence-corrected chi connectivity index (χ2v) is 14.3. The molecule has 0 saturated carbocycles. The van der Waals surface area contributed by atoms with Crippen molar-refractivity contribution in [2.75, 3.05) is 37.1 Å². The van der Waals surface area contributed by atoms with Crippen LogP contribution in [0.15, 0.2) is 76.5 Å². The van der Waals surface area contributed by atoms with E-state index in [1.807, 2.05) is 13.8 Å². The minimum Gasteiger partial charge on any atom is -0.492 e. The zero-order valence-corrected chi connectivity index (χ0v) is 25.3. The molecule has 12 heteroatoms. The number of hydrogen-bond donors (Lipinski definition) is 1. The predicted molar refractivity (Wildman–Crippen MR) is 159 cm³/mol. The van der Waals surface area contributed by atoms with Gasteiger partial charge in [-0.2, -0.15) is 4.31 Å². The van der Waals surface area contributed by atoms with E-state index in [1.54, 1.807) is 54.6 Å². The summed E-state index contributed by atoms with van der Waals surface area (Å²) in [5.41, 5.74) is 2.18. The lowest BCUT2D eigenvalue weighted by Gasteiger charge is -2.35. The Kier molecular flexibility index (Phi) is 8.76. The minimum absolute atomic E-state index is 0.123.